The minimum atomic E-state index is -1.48. The number of ether oxygens (including phenoxy) is 3. The van der Waals surface area contributed by atoms with Gasteiger partial charge in [-0.25, -0.2) is 0 Å². The highest BCUT2D eigenvalue weighted by Crippen LogP contribution is 2.44. The van der Waals surface area contributed by atoms with E-state index < -0.39 is 42.4 Å². The number of hydrogen-bond donors (Lipinski definition) is 4. The Hall–Kier alpha value is -3.89. The van der Waals surface area contributed by atoms with Crippen LogP contribution in [0, 0.1) is 0 Å². The Labute approximate surface area is 205 Å². The van der Waals surface area contributed by atoms with Gasteiger partial charge in [0, 0.05) is 17.7 Å². The van der Waals surface area contributed by atoms with E-state index in [-0.39, 0.29) is 34.8 Å². The number of aliphatic hydroxyl groups excluding tert-OH is 3. The normalized spacial score (nSPS) is 21.5. The summed E-state index contributed by atoms with van der Waals surface area (Å²) in [5, 5.41) is 40.8. The summed E-state index contributed by atoms with van der Waals surface area (Å²) in [5.74, 6) is -0.467. The van der Waals surface area contributed by atoms with E-state index in [1.807, 2.05) is 36.4 Å². The monoisotopic (exact) mass is 492 g/mol. The van der Waals surface area contributed by atoms with Gasteiger partial charge in [0.15, 0.2) is 16.9 Å². The third-order valence-electron chi connectivity index (χ3n) is 5.94. The highest BCUT2D eigenvalue weighted by molar-refractivity contribution is 5.89. The van der Waals surface area contributed by atoms with Gasteiger partial charge in [0.05, 0.1) is 6.61 Å². The lowest BCUT2D eigenvalue weighted by atomic mass is 10.1. The lowest BCUT2D eigenvalue weighted by molar-refractivity contribution is -0.117. The molecule has 4 atom stereocenters. The fourth-order valence-corrected chi connectivity index (χ4v) is 4.05. The van der Waals surface area contributed by atoms with Gasteiger partial charge in [0.1, 0.15) is 41.6 Å². The molecule has 1 fully saturated rings. The number of aliphatic hydroxyl groups is 3. The first-order chi connectivity index (χ1) is 17.5. The first kappa shape index (κ1) is 23.8. The second-order valence-electron chi connectivity index (χ2n) is 8.37. The predicted octanol–water partition coefficient (Wildman–Crippen LogP) is 2.56. The molecule has 36 heavy (non-hydrogen) atoms. The first-order valence-electron chi connectivity index (χ1n) is 11.3. The van der Waals surface area contributed by atoms with E-state index >= 15 is 0 Å². The van der Waals surface area contributed by atoms with Gasteiger partial charge in [-0.15, -0.1) is 0 Å². The van der Waals surface area contributed by atoms with Crippen LogP contribution in [-0.4, -0.2) is 51.6 Å². The highest BCUT2D eigenvalue weighted by Gasteiger charge is 2.44. The summed E-state index contributed by atoms with van der Waals surface area (Å²) in [6, 6.07) is 20.8. The third-order valence-corrected chi connectivity index (χ3v) is 5.94. The minimum Gasteiger partial charge on any atom is -0.504 e. The molecule has 1 aliphatic rings. The second kappa shape index (κ2) is 10.00. The van der Waals surface area contributed by atoms with Gasteiger partial charge in [-0.1, -0.05) is 60.7 Å². The van der Waals surface area contributed by atoms with E-state index in [1.165, 1.54) is 12.1 Å². The maximum absolute atomic E-state index is 13.0. The third kappa shape index (κ3) is 4.52. The smallest absolute Gasteiger partial charge is 0.229 e. The maximum Gasteiger partial charge on any atom is 0.229 e. The zero-order chi connectivity index (χ0) is 25.2. The van der Waals surface area contributed by atoms with E-state index in [0.717, 1.165) is 5.56 Å². The van der Waals surface area contributed by atoms with Crippen LogP contribution in [0.25, 0.3) is 22.3 Å². The van der Waals surface area contributed by atoms with Gasteiger partial charge in [-0.05, 0) is 5.56 Å². The lowest BCUT2D eigenvalue weighted by Crippen LogP contribution is -2.35. The van der Waals surface area contributed by atoms with Crippen molar-refractivity contribution < 1.29 is 39.1 Å². The van der Waals surface area contributed by atoms with Crippen molar-refractivity contribution in [3.63, 3.8) is 0 Å². The van der Waals surface area contributed by atoms with Gasteiger partial charge < -0.3 is 39.1 Å². The quantitative estimate of drug-likeness (QED) is 0.307. The Balaban J connectivity index is 1.59. The Morgan fingerprint density at radius 1 is 0.917 bits per heavy atom. The molecule has 0 unspecified atom stereocenters. The number of benzene rings is 3. The molecule has 9 nitrogen and oxygen atoms in total. The lowest BCUT2D eigenvalue weighted by Gasteiger charge is -2.20. The van der Waals surface area contributed by atoms with E-state index in [9.17, 15) is 25.2 Å². The molecule has 0 saturated carbocycles. The Morgan fingerprint density at radius 3 is 2.28 bits per heavy atom. The molecule has 1 aliphatic heterocycles. The largest absolute Gasteiger partial charge is 0.504 e. The molecule has 0 spiro atoms. The molecule has 4 aromatic rings. The fraction of sp³-hybridized carbons (Fsp3) is 0.222. The predicted molar refractivity (Wildman–Crippen MR) is 129 cm³/mol. The molecule has 186 valence electrons. The topological polar surface area (TPSA) is 139 Å². The molecule has 4 N–H and O–H groups in total. The molecular weight excluding hydrogens is 468 g/mol. The summed E-state index contributed by atoms with van der Waals surface area (Å²) >= 11 is 0. The van der Waals surface area contributed by atoms with Crippen LogP contribution in [0.15, 0.2) is 82.0 Å². The zero-order valence-corrected chi connectivity index (χ0v) is 19.0. The summed E-state index contributed by atoms with van der Waals surface area (Å²) in [4.78, 5) is 13.0. The van der Waals surface area contributed by atoms with E-state index in [0.29, 0.717) is 5.56 Å². The number of fused-ring (bicyclic) bond motifs is 1. The summed E-state index contributed by atoms with van der Waals surface area (Å²) in [6.45, 7) is -0.493. The summed E-state index contributed by atoms with van der Waals surface area (Å²) in [7, 11) is 0. The number of phenols is 1. The number of rotatable bonds is 7. The van der Waals surface area contributed by atoms with E-state index in [2.05, 4.69) is 0 Å². The van der Waals surface area contributed by atoms with Crippen LogP contribution in [-0.2, 0) is 11.3 Å². The number of phenolic OH excluding ortho intramolecular Hbond substituents is 1. The Morgan fingerprint density at radius 2 is 1.61 bits per heavy atom. The first-order valence-corrected chi connectivity index (χ1v) is 11.3. The van der Waals surface area contributed by atoms with Crippen LogP contribution in [0.2, 0.25) is 0 Å². The van der Waals surface area contributed by atoms with Crippen LogP contribution < -0.4 is 14.9 Å². The van der Waals surface area contributed by atoms with Gasteiger partial charge in [-0.3, -0.25) is 4.79 Å². The summed E-state index contributed by atoms with van der Waals surface area (Å²) in [5.41, 5.74) is 0.984. The van der Waals surface area contributed by atoms with Crippen LogP contribution in [0.1, 0.15) is 5.56 Å². The Kier molecular flexibility index (Phi) is 6.62. The van der Waals surface area contributed by atoms with Crippen molar-refractivity contribution in [2.45, 2.75) is 31.2 Å². The minimum absolute atomic E-state index is 0.0210. The van der Waals surface area contributed by atoms with E-state index in [1.54, 1.807) is 24.3 Å². The summed E-state index contributed by atoms with van der Waals surface area (Å²) < 4.78 is 23.0. The van der Waals surface area contributed by atoms with Crippen molar-refractivity contribution in [2.24, 2.45) is 0 Å². The van der Waals surface area contributed by atoms with Crippen molar-refractivity contribution in [3.8, 4) is 28.6 Å². The second-order valence-corrected chi connectivity index (χ2v) is 8.37. The summed E-state index contributed by atoms with van der Waals surface area (Å²) in [6.07, 6.45) is -5.30. The van der Waals surface area contributed by atoms with Crippen LogP contribution >= 0.6 is 0 Å². The zero-order valence-electron chi connectivity index (χ0n) is 19.0. The van der Waals surface area contributed by atoms with Gasteiger partial charge in [0.2, 0.25) is 12.0 Å². The van der Waals surface area contributed by atoms with Crippen molar-refractivity contribution in [1.29, 1.82) is 0 Å². The SMILES string of the molecule is O=c1cc(-c2ccccc2)oc2cc(O[C@H]3O[C@H](CO)[C@@H](O)[C@@H]3O)c(OCc3ccccc3)c(O)c12. The average molecular weight is 492 g/mol. The van der Waals surface area contributed by atoms with Crippen molar-refractivity contribution in [1.82, 2.24) is 0 Å². The molecule has 3 aromatic carbocycles. The van der Waals surface area contributed by atoms with Crippen LogP contribution in [0.4, 0.5) is 0 Å². The molecule has 0 aliphatic carbocycles. The molecule has 2 heterocycles. The molecule has 0 amide bonds. The highest BCUT2D eigenvalue weighted by atomic mass is 16.7. The molecule has 0 bridgehead atoms. The molecule has 1 aromatic heterocycles. The maximum atomic E-state index is 13.0. The fourth-order valence-electron chi connectivity index (χ4n) is 4.05. The molecule has 5 rings (SSSR count). The van der Waals surface area contributed by atoms with Crippen LogP contribution in [0.3, 0.4) is 0 Å². The van der Waals surface area contributed by atoms with Crippen molar-refractivity contribution >= 4 is 11.0 Å². The number of hydrogen-bond acceptors (Lipinski definition) is 9. The van der Waals surface area contributed by atoms with Gasteiger partial charge >= 0.3 is 0 Å². The van der Waals surface area contributed by atoms with Crippen LogP contribution in [0.5, 0.6) is 17.2 Å². The molecule has 9 heteroatoms. The molecular formula is C27H24O9. The molecule has 0 radical (unpaired) electrons. The average Bonchev–Trinajstić information content (AvgIpc) is 3.17. The number of aromatic hydroxyl groups is 1. The molecule has 1 saturated heterocycles. The van der Waals surface area contributed by atoms with Crippen molar-refractivity contribution in [2.75, 3.05) is 6.61 Å². The van der Waals surface area contributed by atoms with Gasteiger partial charge in [-0.2, -0.15) is 0 Å². The van der Waals surface area contributed by atoms with E-state index in [4.69, 9.17) is 18.6 Å². The standard InChI is InChI=1S/C27H24O9/c28-13-21-23(30)25(32)27(36-21)35-20-12-19-22(17(29)11-18(34-19)16-9-5-2-6-10-16)24(31)26(20)33-14-15-7-3-1-4-8-15/h1-12,21,23,25,27-28,30-32H,13-14H2/t21-,23-,25+,27+/m1/s1. The Bertz CT molecular complexity index is 1400. The van der Waals surface area contributed by atoms with Crippen molar-refractivity contribution in [3.05, 3.63) is 88.6 Å². The van der Waals surface area contributed by atoms with Gasteiger partial charge in [0.25, 0.3) is 0 Å².